The minimum Gasteiger partial charge on any atom is -0.379 e. The number of benzene rings is 1. The molecule has 0 saturated heterocycles. The molecule has 0 aliphatic heterocycles. The summed E-state index contributed by atoms with van der Waals surface area (Å²) in [4.78, 5) is 0. The summed E-state index contributed by atoms with van der Waals surface area (Å²) in [6, 6.07) is 9.30. The van der Waals surface area contributed by atoms with Crippen LogP contribution in [-0.2, 0) is 11.2 Å². The van der Waals surface area contributed by atoms with Crippen molar-refractivity contribution in [2.75, 3.05) is 14.2 Å². The smallest absolute Gasteiger partial charge is 0.0775 e. The first-order valence-corrected chi connectivity index (χ1v) is 7.58. The predicted octanol–water partition coefficient (Wildman–Crippen LogP) is 4.00. The topological polar surface area (TPSA) is 21.3 Å². The summed E-state index contributed by atoms with van der Waals surface area (Å²) in [6.07, 6.45) is 1.18. The second-order valence-electron chi connectivity index (χ2n) is 7.02. The van der Waals surface area contributed by atoms with Gasteiger partial charge in [0.1, 0.15) is 0 Å². The van der Waals surface area contributed by atoms with E-state index >= 15 is 0 Å². The molecule has 0 saturated carbocycles. The Morgan fingerprint density at radius 1 is 1.10 bits per heavy atom. The Labute approximate surface area is 124 Å². The molecule has 1 aromatic carbocycles. The maximum atomic E-state index is 5.74. The highest BCUT2D eigenvalue weighted by Crippen LogP contribution is 2.26. The van der Waals surface area contributed by atoms with E-state index in [0.29, 0.717) is 12.0 Å². The summed E-state index contributed by atoms with van der Waals surface area (Å²) in [5.41, 5.74) is 2.88. The van der Waals surface area contributed by atoms with E-state index < -0.39 is 0 Å². The fraction of sp³-hybridized carbons (Fsp3) is 0.667. The maximum Gasteiger partial charge on any atom is 0.0775 e. The Morgan fingerprint density at radius 2 is 1.65 bits per heavy atom. The molecular formula is C18H31NO. The van der Waals surface area contributed by atoms with E-state index in [0.717, 1.165) is 6.42 Å². The van der Waals surface area contributed by atoms with Gasteiger partial charge in [0.05, 0.1) is 6.10 Å². The summed E-state index contributed by atoms with van der Waals surface area (Å²) in [5, 5.41) is 3.42. The standard InChI is InChI=1S/C18H31NO/c1-13(2)15-10-8-14(9-11-15)12-16(19-6)17(20-7)18(3,4)5/h8-11,13,16-17,19H,12H2,1-7H3. The highest BCUT2D eigenvalue weighted by Gasteiger charge is 2.31. The van der Waals surface area contributed by atoms with Crippen molar-refractivity contribution in [1.82, 2.24) is 5.32 Å². The molecule has 114 valence electrons. The van der Waals surface area contributed by atoms with Crippen molar-refractivity contribution in [3.05, 3.63) is 35.4 Å². The molecule has 0 aliphatic carbocycles. The van der Waals surface area contributed by atoms with Crippen LogP contribution in [0, 0.1) is 5.41 Å². The Kier molecular flexibility index (Phi) is 6.22. The van der Waals surface area contributed by atoms with Crippen molar-refractivity contribution in [1.29, 1.82) is 0 Å². The molecular weight excluding hydrogens is 246 g/mol. The van der Waals surface area contributed by atoms with Gasteiger partial charge in [0.15, 0.2) is 0 Å². The van der Waals surface area contributed by atoms with Gasteiger partial charge in [0.25, 0.3) is 0 Å². The Bertz CT molecular complexity index is 389. The molecule has 0 heterocycles. The first-order valence-electron chi connectivity index (χ1n) is 7.58. The highest BCUT2D eigenvalue weighted by atomic mass is 16.5. The van der Waals surface area contributed by atoms with E-state index in [9.17, 15) is 0 Å². The third kappa shape index (κ3) is 4.60. The molecule has 0 bridgehead atoms. The molecule has 1 rings (SSSR count). The number of ether oxygens (including phenoxy) is 1. The molecule has 2 heteroatoms. The van der Waals surface area contributed by atoms with Crippen LogP contribution in [0.4, 0.5) is 0 Å². The van der Waals surface area contributed by atoms with Gasteiger partial charge in [0, 0.05) is 13.2 Å². The van der Waals surface area contributed by atoms with E-state index in [2.05, 4.69) is 64.2 Å². The van der Waals surface area contributed by atoms with Crippen LogP contribution in [0.15, 0.2) is 24.3 Å². The van der Waals surface area contributed by atoms with Gasteiger partial charge < -0.3 is 10.1 Å². The summed E-state index contributed by atoms with van der Waals surface area (Å²) >= 11 is 0. The van der Waals surface area contributed by atoms with Gasteiger partial charge in [-0.2, -0.15) is 0 Å². The van der Waals surface area contributed by atoms with Crippen LogP contribution in [0.25, 0.3) is 0 Å². The van der Waals surface area contributed by atoms with Crippen molar-refractivity contribution >= 4 is 0 Å². The minimum atomic E-state index is 0.125. The second kappa shape index (κ2) is 7.24. The van der Waals surface area contributed by atoms with Crippen LogP contribution in [0.2, 0.25) is 0 Å². The van der Waals surface area contributed by atoms with Crippen LogP contribution in [-0.4, -0.2) is 26.3 Å². The lowest BCUT2D eigenvalue weighted by molar-refractivity contribution is -0.00921. The van der Waals surface area contributed by atoms with E-state index in [4.69, 9.17) is 4.74 Å². The van der Waals surface area contributed by atoms with E-state index in [-0.39, 0.29) is 11.5 Å². The number of nitrogens with one attached hydrogen (secondary N) is 1. The molecule has 20 heavy (non-hydrogen) atoms. The van der Waals surface area contributed by atoms with Gasteiger partial charge in [-0.3, -0.25) is 0 Å². The third-order valence-electron chi connectivity index (χ3n) is 3.95. The summed E-state index contributed by atoms with van der Waals surface area (Å²) in [5.74, 6) is 0.588. The zero-order valence-electron chi connectivity index (χ0n) is 14.2. The molecule has 0 aliphatic rings. The number of likely N-dealkylation sites (N-methyl/N-ethyl adjacent to an activating group) is 1. The first kappa shape index (κ1) is 17.2. The molecule has 0 fully saturated rings. The number of hydrogen-bond donors (Lipinski definition) is 1. The Morgan fingerprint density at radius 3 is 2.00 bits per heavy atom. The zero-order valence-corrected chi connectivity index (χ0v) is 14.2. The molecule has 2 nitrogen and oxygen atoms in total. The molecule has 0 spiro atoms. The van der Waals surface area contributed by atoms with Crippen molar-refractivity contribution in [2.45, 2.75) is 59.1 Å². The molecule has 2 unspecified atom stereocenters. The molecule has 0 aromatic heterocycles. The quantitative estimate of drug-likeness (QED) is 0.848. The van der Waals surface area contributed by atoms with Crippen molar-refractivity contribution in [2.24, 2.45) is 5.41 Å². The van der Waals surface area contributed by atoms with Crippen molar-refractivity contribution in [3.8, 4) is 0 Å². The lowest BCUT2D eigenvalue weighted by Gasteiger charge is -2.36. The fourth-order valence-electron chi connectivity index (χ4n) is 2.77. The average molecular weight is 277 g/mol. The van der Waals surface area contributed by atoms with Crippen molar-refractivity contribution < 1.29 is 4.74 Å². The summed E-state index contributed by atoms with van der Waals surface area (Å²) < 4.78 is 5.74. The van der Waals surface area contributed by atoms with E-state index in [1.165, 1.54) is 11.1 Å². The SMILES string of the molecule is CNC(Cc1ccc(C(C)C)cc1)C(OC)C(C)(C)C. The van der Waals surface area contributed by atoms with Crippen LogP contribution < -0.4 is 5.32 Å². The number of rotatable bonds is 6. The molecule has 1 N–H and O–H groups in total. The van der Waals surface area contributed by atoms with Crippen LogP contribution in [0.3, 0.4) is 0 Å². The maximum absolute atomic E-state index is 5.74. The van der Waals surface area contributed by atoms with Gasteiger partial charge in [-0.25, -0.2) is 0 Å². The van der Waals surface area contributed by atoms with E-state index in [1.807, 2.05) is 14.2 Å². The van der Waals surface area contributed by atoms with Gasteiger partial charge in [-0.1, -0.05) is 58.9 Å². The molecule has 0 amide bonds. The summed E-state index contributed by atoms with van der Waals surface area (Å²) in [6.45, 7) is 11.1. The lowest BCUT2D eigenvalue weighted by atomic mass is 9.82. The summed E-state index contributed by atoms with van der Waals surface area (Å²) in [7, 11) is 3.83. The van der Waals surface area contributed by atoms with Crippen LogP contribution >= 0.6 is 0 Å². The Hall–Kier alpha value is -0.860. The zero-order chi connectivity index (χ0) is 15.3. The third-order valence-corrected chi connectivity index (χ3v) is 3.95. The normalized spacial score (nSPS) is 15.4. The average Bonchev–Trinajstić information content (AvgIpc) is 2.37. The lowest BCUT2D eigenvalue weighted by Crippen LogP contribution is -2.47. The predicted molar refractivity (Wildman–Crippen MR) is 87.3 cm³/mol. The number of hydrogen-bond acceptors (Lipinski definition) is 2. The van der Waals surface area contributed by atoms with Crippen molar-refractivity contribution in [3.63, 3.8) is 0 Å². The van der Waals surface area contributed by atoms with Gasteiger partial charge in [-0.05, 0) is 35.9 Å². The van der Waals surface area contributed by atoms with Crippen LogP contribution in [0.1, 0.15) is 51.7 Å². The molecule has 0 radical (unpaired) electrons. The minimum absolute atomic E-state index is 0.125. The van der Waals surface area contributed by atoms with Gasteiger partial charge in [-0.15, -0.1) is 0 Å². The Balaban J connectivity index is 2.82. The van der Waals surface area contributed by atoms with Gasteiger partial charge in [0.2, 0.25) is 0 Å². The van der Waals surface area contributed by atoms with Gasteiger partial charge >= 0.3 is 0 Å². The monoisotopic (exact) mass is 277 g/mol. The first-order chi connectivity index (χ1) is 9.29. The fourth-order valence-corrected chi connectivity index (χ4v) is 2.77. The highest BCUT2D eigenvalue weighted by molar-refractivity contribution is 5.25. The van der Waals surface area contributed by atoms with Crippen LogP contribution in [0.5, 0.6) is 0 Å². The largest absolute Gasteiger partial charge is 0.379 e. The second-order valence-corrected chi connectivity index (χ2v) is 7.02. The molecule has 2 atom stereocenters. The molecule has 1 aromatic rings. The number of methoxy groups -OCH3 is 1. The van der Waals surface area contributed by atoms with E-state index in [1.54, 1.807) is 0 Å².